The number of aryl methyl sites for hydroxylation is 1. The van der Waals surface area contributed by atoms with E-state index in [2.05, 4.69) is 9.97 Å². The Hall–Kier alpha value is -2.56. The van der Waals surface area contributed by atoms with E-state index in [4.69, 9.17) is 10.2 Å². The Morgan fingerprint density at radius 1 is 1.21 bits per heavy atom. The number of fused-ring (bicyclic) bond motifs is 1. The maximum Gasteiger partial charge on any atom is 0.181 e. The molecule has 1 aromatic carbocycles. The van der Waals surface area contributed by atoms with E-state index in [0.717, 1.165) is 28.3 Å². The van der Waals surface area contributed by atoms with E-state index in [1.807, 2.05) is 49.2 Å². The normalized spacial score (nSPS) is 10.8. The van der Waals surface area contributed by atoms with Gasteiger partial charge in [-0.1, -0.05) is 0 Å². The summed E-state index contributed by atoms with van der Waals surface area (Å²) in [6.45, 7) is 1.90. The lowest BCUT2D eigenvalue weighted by Crippen LogP contribution is -2.12. The van der Waals surface area contributed by atoms with Crippen LogP contribution in [0.15, 0.2) is 41.1 Å². The molecule has 0 bridgehead atoms. The van der Waals surface area contributed by atoms with Crippen molar-refractivity contribution in [2.45, 2.75) is 6.92 Å². The fourth-order valence-corrected chi connectivity index (χ4v) is 1.93. The van der Waals surface area contributed by atoms with Crippen molar-refractivity contribution < 1.29 is 4.42 Å². The minimum atomic E-state index is 0.697. The summed E-state index contributed by atoms with van der Waals surface area (Å²) in [5.41, 5.74) is 9.90. The van der Waals surface area contributed by atoms with E-state index in [1.165, 1.54) is 6.39 Å². The number of aromatic nitrogens is 2. The van der Waals surface area contributed by atoms with E-state index in [1.54, 1.807) is 0 Å². The van der Waals surface area contributed by atoms with Gasteiger partial charge in [-0.05, 0) is 31.2 Å². The minimum Gasteiger partial charge on any atom is -0.443 e. The summed E-state index contributed by atoms with van der Waals surface area (Å²) < 4.78 is 5.31. The summed E-state index contributed by atoms with van der Waals surface area (Å²) in [4.78, 5) is 10.6. The number of pyridine rings is 1. The molecular weight excluding hydrogens is 240 g/mol. The number of hydrogen-bond donors (Lipinski definition) is 1. The van der Waals surface area contributed by atoms with Gasteiger partial charge in [-0.3, -0.25) is 0 Å². The fraction of sp³-hybridized carbons (Fsp3) is 0.143. The number of nitrogen functional groups attached to an aromatic ring is 1. The SMILES string of the molecule is Cc1nc(N(C)c2ccc3ncoc3c2)ccc1N. The quantitative estimate of drug-likeness (QED) is 0.761. The first-order valence-electron chi connectivity index (χ1n) is 5.95. The Labute approximate surface area is 110 Å². The molecule has 0 aliphatic heterocycles. The summed E-state index contributed by atoms with van der Waals surface area (Å²) in [7, 11) is 1.95. The average Bonchev–Trinajstić information content (AvgIpc) is 2.88. The Morgan fingerprint density at radius 2 is 2.05 bits per heavy atom. The van der Waals surface area contributed by atoms with Crippen LogP contribution in [0.1, 0.15) is 5.69 Å². The molecule has 0 aliphatic carbocycles. The monoisotopic (exact) mass is 254 g/mol. The molecule has 0 unspecified atom stereocenters. The number of benzene rings is 1. The van der Waals surface area contributed by atoms with Crippen LogP contribution >= 0.6 is 0 Å². The third kappa shape index (κ3) is 1.99. The zero-order valence-electron chi connectivity index (χ0n) is 10.8. The molecule has 0 radical (unpaired) electrons. The van der Waals surface area contributed by atoms with Crippen molar-refractivity contribution in [1.82, 2.24) is 9.97 Å². The van der Waals surface area contributed by atoms with Crippen molar-refractivity contribution in [2.24, 2.45) is 0 Å². The van der Waals surface area contributed by atoms with Gasteiger partial charge < -0.3 is 15.1 Å². The lowest BCUT2D eigenvalue weighted by molar-refractivity contribution is 0.602. The highest BCUT2D eigenvalue weighted by atomic mass is 16.3. The average molecular weight is 254 g/mol. The number of oxazole rings is 1. The summed E-state index contributed by atoms with van der Waals surface area (Å²) in [5.74, 6) is 0.838. The molecule has 2 heterocycles. The van der Waals surface area contributed by atoms with Gasteiger partial charge in [0.2, 0.25) is 0 Å². The molecule has 3 aromatic rings. The molecule has 0 aliphatic rings. The second-order valence-electron chi connectivity index (χ2n) is 4.41. The van der Waals surface area contributed by atoms with Gasteiger partial charge in [0.05, 0.1) is 11.4 Å². The van der Waals surface area contributed by atoms with Gasteiger partial charge in [-0.25, -0.2) is 9.97 Å². The highest BCUT2D eigenvalue weighted by Crippen LogP contribution is 2.26. The summed E-state index contributed by atoms with van der Waals surface area (Å²) in [5, 5.41) is 0. The Balaban J connectivity index is 2.01. The van der Waals surface area contributed by atoms with Crippen LogP contribution in [0.3, 0.4) is 0 Å². The molecule has 96 valence electrons. The van der Waals surface area contributed by atoms with Crippen LogP contribution in [0, 0.1) is 6.92 Å². The number of nitrogens with zero attached hydrogens (tertiary/aromatic N) is 3. The third-order valence-electron chi connectivity index (χ3n) is 3.16. The van der Waals surface area contributed by atoms with Crippen molar-refractivity contribution in [3.8, 4) is 0 Å². The van der Waals surface area contributed by atoms with Crippen LogP contribution in [-0.2, 0) is 0 Å². The molecule has 0 amide bonds. The zero-order chi connectivity index (χ0) is 13.4. The second-order valence-corrected chi connectivity index (χ2v) is 4.41. The van der Waals surface area contributed by atoms with Gasteiger partial charge in [-0.2, -0.15) is 0 Å². The van der Waals surface area contributed by atoms with Crippen LogP contribution in [0.4, 0.5) is 17.2 Å². The van der Waals surface area contributed by atoms with Crippen molar-refractivity contribution in [2.75, 3.05) is 17.7 Å². The van der Waals surface area contributed by atoms with Crippen LogP contribution < -0.4 is 10.6 Å². The lowest BCUT2D eigenvalue weighted by atomic mass is 10.2. The van der Waals surface area contributed by atoms with Gasteiger partial charge in [0.15, 0.2) is 12.0 Å². The molecule has 19 heavy (non-hydrogen) atoms. The molecule has 0 saturated heterocycles. The van der Waals surface area contributed by atoms with E-state index >= 15 is 0 Å². The van der Waals surface area contributed by atoms with E-state index < -0.39 is 0 Å². The Bertz CT molecular complexity index is 735. The zero-order valence-corrected chi connectivity index (χ0v) is 10.8. The molecule has 5 nitrogen and oxygen atoms in total. The van der Waals surface area contributed by atoms with Crippen LogP contribution in [0.2, 0.25) is 0 Å². The van der Waals surface area contributed by atoms with E-state index in [0.29, 0.717) is 5.69 Å². The molecule has 0 atom stereocenters. The molecule has 3 rings (SSSR count). The molecule has 0 spiro atoms. The fourth-order valence-electron chi connectivity index (χ4n) is 1.93. The van der Waals surface area contributed by atoms with Crippen LogP contribution in [0.25, 0.3) is 11.1 Å². The van der Waals surface area contributed by atoms with Crippen molar-refractivity contribution in [3.05, 3.63) is 42.4 Å². The first kappa shape index (κ1) is 11.5. The number of nitrogens with two attached hydrogens (primary N) is 1. The van der Waals surface area contributed by atoms with Crippen LogP contribution in [-0.4, -0.2) is 17.0 Å². The molecule has 5 heteroatoms. The van der Waals surface area contributed by atoms with E-state index in [9.17, 15) is 0 Å². The Morgan fingerprint density at radius 3 is 2.84 bits per heavy atom. The number of rotatable bonds is 2. The summed E-state index contributed by atoms with van der Waals surface area (Å²) in [6, 6.07) is 9.61. The van der Waals surface area contributed by atoms with Crippen molar-refractivity contribution in [3.63, 3.8) is 0 Å². The van der Waals surface area contributed by atoms with Gasteiger partial charge in [0.25, 0.3) is 0 Å². The molecule has 0 saturated carbocycles. The summed E-state index contributed by atoms with van der Waals surface area (Å²) in [6.07, 6.45) is 1.44. The smallest absolute Gasteiger partial charge is 0.181 e. The highest BCUT2D eigenvalue weighted by Gasteiger charge is 2.08. The summed E-state index contributed by atoms with van der Waals surface area (Å²) >= 11 is 0. The van der Waals surface area contributed by atoms with E-state index in [-0.39, 0.29) is 0 Å². The first-order chi connectivity index (χ1) is 9.15. The van der Waals surface area contributed by atoms with Gasteiger partial charge in [0.1, 0.15) is 11.3 Å². The van der Waals surface area contributed by atoms with Crippen LogP contribution in [0.5, 0.6) is 0 Å². The predicted molar refractivity (Wildman–Crippen MR) is 75.5 cm³/mol. The number of hydrogen-bond acceptors (Lipinski definition) is 5. The van der Waals surface area contributed by atoms with Crippen molar-refractivity contribution >= 4 is 28.3 Å². The third-order valence-corrected chi connectivity index (χ3v) is 3.16. The van der Waals surface area contributed by atoms with Gasteiger partial charge in [-0.15, -0.1) is 0 Å². The molecule has 0 fully saturated rings. The van der Waals surface area contributed by atoms with Gasteiger partial charge in [0, 0.05) is 18.8 Å². The molecule has 2 N–H and O–H groups in total. The highest BCUT2D eigenvalue weighted by molar-refractivity contribution is 5.78. The minimum absolute atomic E-state index is 0.697. The number of anilines is 3. The lowest BCUT2D eigenvalue weighted by Gasteiger charge is -2.18. The standard InChI is InChI=1S/C14H14N4O/c1-9-11(15)4-6-14(17-9)18(2)10-3-5-12-13(7-10)19-8-16-12/h3-8H,15H2,1-2H3. The predicted octanol–water partition coefficient (Wildman–Crippen LogP) is 2.88. The largest absolute Gasteiger partial charge is 0.443 e. The molecule has 2 aromatic heterocycles. The van der Waals surface area contributed by atoms with Gasteiger partial charge >= 0.3 is 0 Å². The Kier molecular flexibility index (Phi) is 2.59. The maximum atomic E-state index is 5.78. The first-order valence-corrected chi connectivity index (χ1v) is 5.95. The van der Waals surface area contributed by atoms with Crippen molar-refractivity contribution in [1.29, 1.82) is 0 Å². The maximum absolute atomic E-state index is 5.78. The molecular formula is C14H14N4O. The second kappa shape index (κ2) is 4.28. The topological polar surface area (TPSA) is 68.2 Å².